The van der Waals surface area contributed by atoms with E-state index in [2.05, 4.69) is 13.8 Å². The summed E-state index contributed by atoms with van der Waals surface area (Å²) in [6, 6.07) is 0. The molecule has 0 radical (unpaired) electrons. The number of carbonyl (C=O) groups is 1. The van der Waals surface area contributed by atoms with Crippen LogP contribution in [0.3, 0.4) is 0 Å². The van der Waals surface area contributed by atoms with Gasteiger partial charge in [-0.3, -0.25) is 4.79 Å². The molecule has 0 unspecified atom stereocenters. The lowest BCUT2D eigenvalue weighted by Crippen LogP contribution is -2.27. The summed E-state index contributed by atoms with van der Waals surface area (Å²) in [7, 11) is 0. The van der Waals surface area contributed by atoms with E-state index in [1.165, 1.54) is 25.7 Å². The van der Waals surface area contributed by atoms with E-state index in [1.54, 1.807) is 0 Å². The van der Waals surface area contributed by atoms with Gasteiger partial charge in [-0.15, -0.1) is 0 Å². The van der Waals surface area contributed by atoms with Crippen molar-refractivity contribution in [1.82, 2.24) is 0 Å². The van der Waals surface area contributed by atoms with E-state index < -0.39 is 0 Å². The Kier molecular flexibility index (Phi) is 3.97. The molecule has 1 aliphatic carbocycles. The van der Waals surface area contributed by atoms with Gasteiger partial charge in [0.05, 0.1) is 13.0 Å². The lowest BCUT2D eigenvalue weighted by Gasteiger charge is -2.35. The van der Waals surface area contributed by atoms with Crippen molar-refractivity contribution in [3.05, 3.63) is 0 Å². The van der Waals surface area contributed by atoms with Gasteiger partial charge in [0.15, 0.2) is 0 Å². The molecular formula is C12H22O2. The van der Waals surface area contributed by atoms with E-state index in [-0.39, 0.29) is 11.4 Å². The zero-order chi connectivity index (χ0) is 10.6. The Morgan fingerprint density at radius 1 is 1.43 bits per heavy atom. The van der Waals surface area contributed by atoms with E-state index >= 15 is 0 Å². The van der Waals surface area contributed by atoms with Gasteiger partial charge >= 0.3 is 5.97 Å². The summed E-state index contributed by atoms with van der Waals surface area (Å²) >= 11 is 0. The third-order valence-electron chi connectivity index (χ3n) is 3.36. The number of carbonyl (C=O) groups excluding carboxylic acids is 1. The van der Waals surface area contributed by atoms with E-state index in [1.807, 2.05) is 6.92 Å². The Morgan fingerprint density at radius 2 is 2.00 bits per heavy atom. The topological polar surface area (TPSA) is 26.3 Å². The van der Waals surface area contributed by atoms with Crippen LogP contribution in [0.15, 0.2) is 0 Å². The first kappa shape index (κ1) is 11.5. The number of hydrogen-bond acceptors (Lipinski definition) is 2. The van der Waals surface area contributed by atoms with Gasteiger partial charge in [-0.05, 0) is 31.1 Å². The molecule has 0 spiro atoms. The predicted molar refractivity (Wildman–Crippen MR) is 57.0 cm³/mol. The Morgan fingerprint density at radius 3 is 2.50 bits per heavy atom. The molecule has 1 fully saturated rings. The van der Waals surface area contributed by atoms with Crippen molar-refractivity contribution in [2.45, 2.75) is 52.9 Å². The number of rotatable bonds is 3. The SMILES string of the molecule is CCOC(=O)CC1(C)CCC(C)CC1. The first-order valence-corrected chi connectivity index (χ1v) is 5.71. The molecule has 0 N–H and O–H groups in total. The van der Waals surface area contributed by atoms with Crippen LogP contribution in [-0.4, -0.2) is 12.6 Å². The van der Waals surface area contributed by atoms with Crippen molar-refractivity contribution in [3.63, 3.8) is 0 Å². The van der Waals surface area contributed by atoms with Crippen molar-refractivity contribution in [2.24, 2.45) is 11.3 Å². The molecule has 1 rings (SSSR count). The van der Waals surface area contributed by atoms with E-state index in [9.17, 15) is 4.79 Å². The van der Waals surface area contributed by atoms with Gasteiger partial charge < -0.3 is 4.74 Å². The van der Waals surface area contributed by atoms with Crippen molar-refractivity contribution >= 4 is 5.97 Å². The molecule has 0 bridgehead atoms. The van der Waals surface area contributed by atoms with Gasteiger partial charge in [0.25, 0.3) is 0 Å². The molecule has 0 atom stereocenters. The highest BCUT2D eigenvalue weighted by molar-refractivity contribution is 5.70. The molecule has 0 saturated heterocycles. The van der Waals surface area contributed by atoms with Crippen LogP contribution in [0.2, 0.25) is 0 Å². The standard InChI is InChI=1S/C12H22O2/c1-4-14-11(13)9-12(3)7-5-10(2)6-8-12/h10H,4-9H2,1-3H3. The lowest BCUT2D eigenvalue weighted by molar-refractivity contribution is -0.146. The Bertz CT molecular complexity index is 190. The fourth-order valence-corrected chi connectivity index (χ4v) is 2.20. The second-order valence-corrected chi connectivity index (χ2v) is 4.97. The molecule has 1 aliphatic rings. The summed E-state index contributed by atoms with van der Waals surface area (Å²) < 4.78 is 5.00. The molecule has 0 aromatic heterocycles. The molecule has 0 amide bonds. The van der Waals surface area contributed by atoms with Crippen LogP contribution in [0.4, 0.5) is 0 Å². The largest absolute Gasteiger partial charge is 0.466 e. The van der Waals surface area contributed by atoms with Gasteiger partial charge in [-0.2, -0.15) is 0 Å². The van der Waals surface area contributed by atoms with Crippen LogP contribution in [0.25, 0.3) is 0 Å². The highest BCUT2D eigenvalue weighted by Crippen LogP contribution is 2.41. The van der Waals surface area contributed by atoms with Crippen LogP contribution >= 0.6 is 0 Å². The molecule has 2 nitrogen and oxygen atoms in total. The fraction of sp³-hybridized carbons (Fsp3) is 0.917. The third-order valence-corrected chi connectivity index (χ3v) is 3.36. The lowest BCUT2D eigenvalue weighted by atomic mass is 9.70. The molecule has 0 aromatic carbocycles. The van der Waals surface area contributed by atoms with Gasteiger partial charge in [-0.25, -0.2) is 0 Å². The summed E-state index contributed by atoms with van der Waals surface area (Å²) in [4.78, 5) is 11.4. The Balaban J connectivity index is 2.38. The van der Waals surface area contributed by atoms with Crippen molar-refractivity contribution in [2.75, 3.05) is 6.61 Å². The number of esters is 1. The number of ether oxygens (including phenoxy) is 1. The molecule has 0 aromatic rings. The average Bonchev–Trinajstić information content (AvgIpc) is 2.11. The maximum Gasteiger partial charge on any atom is 0.306 e. The highest BCUT2D eigenvalue weighted by atomic mass is 16.5. The highest BCUT2D eigenvalue weighted by Gasteiger charge is 2.32. The normalized spacial score (nSPS) is 32.6. The zero-order valence-corrected chi connectivity index (χ0v) is 9.64. The van der Waals surface area contributed by atoms with Crippen molar-refractivity contribution < 1.29 is 9.53 Å². The van der Waals surface area contributed by atoms with Crippen LogP contribution in [0, 0.1) is 11.3 Å². The smallest absolute Gasteiger partial charge is 0.306 e. The van der Waals surface area contributed by atoms with Crippen LogP contribution in [-0.2, 0) is 9.53 Å². The summed E-state index contributed by atoms with van der Waals surface area (Å²) in [6.45, 7) is 6.88. The first-order valence-electron chi connectivity index (χ1n) is 5.71. The van der Waals surface area contributed by atoms with E-state index in [4.69, 9.17) is 4.74 Å². The molecular weight excluding hydrogens is 176 g/mol. The summed E-state index contributed by atoms with van der Waals surface area (Å²) in [5.41, 5.74) is 0.207. The second-order valence-electron chi connectivity index (χ2n) is 4.97. The monoisotopic (exact) mass is 198 g/mol. The fourth-order valence-electron chi connectivity index (χ4n) is 2.20. The maximum absolute atomic E-state index is 11.4. The maximum atomic E-state index is 11.4. The molecule has 82 valence electrons. The van der Waals surface area contributed by atoms with Gasteiger partial charge in [0, 0.05) is 0 Å². The molecule has 2 heteroatoms. The minimum absolute atomic E-state index is 0.0236. The van der Waals surface area contributed by atoms with Gasteiger partial charge in [-0.1, -0.05) is 26.7 Å². The van der Waals surface area contributed by atoms with Crippen LogP contribution in [0.1, 0.15) is 52.9 Å². The van der Waals surface area contributed by atoms with Gasteiger partial charge in [0.2, 0.25) is 0 Å². The number of hydrogen-bond donors (Lipinski definition) is 0. The average molecular weight is 198 g/mol. The molecule has 1 saturated carbocycles. The minimum Gasteiger partial charge on any atom is -0.466 e. The van der Waals surface area contributed by atoms with E-state index in [0.717, 1.165) is 5.92 Å². The predicted octanol–water partition coefficient (Wildman–Crippen LogP) is 3.16. The third kappa shape index (κ3) is 3.32. The first-order chi connectivity index (χ1) is 6.56. The van der Waals surface area contributed by atoms with Crippen molar-refractivity contribution in [1.29, 1.82) is 0 Å². The summed E-state index contributed by atoms with van der Waals surface area (Å²) in [5, 5.41) is 0. The van der Waals surface area contributed by atoms with Crippen LogP contribution < -0.4 is 0 Å². The zero-order valence-electron chi connectivity index (χ0n) is 9.64. The quantitative estimate of drug-likeness (QED) is 0.651. The Labute approximate surface area is 87.0 Å². The van der Waals surface area contributed by atoms with Crippen molar-refractivity contribution in [3.8, 4) is 0 Å². The molecule has 0 heterocycles. The summed E-state index contributed by atoms with van der Waals surface area (Å²) in [5.74, 6) is 0.815. The summed E-state index contributed by atoms with van der Waals surface area (Å²) in [6.07, 6.45) is 5.47. The van der Waals surface area contributed by atoms with Crippen LogP contribution in [0.5, 0.6) is 0 Å². The second kappa shape index (κ2) is 4.81. The van der Waals surface area contributed by atoms with Gasteiger partial charge in [0.1, 0.15) is 0 Å². The Hall–Kier alpha value is -0.530. The molecule has 14 heavy (non-hydrogen) atoms. The van der Waals surface area contributed by atoms with E-state index in [0.29, 0.717) is 13.0 Å². The molecule has 0 aliphatic heterocycles. The minimum atomic E-state index is -0.0236.